The van der Waals surface area contributed by atoms with Gasteiger partial charge in [-0.05, 0) is 37.4 Å². The molecule has 2 aromatic rings. The topological polar surface area (TPSA) is 59.8 Å². The molecule has 1 saturated heterocycles. The number of piperidine rings is 1. The molecule has 0 radical (unpaired) electrons. The summed E-state index contributed by atoms with van der Waals surface area (Å²) in [6.07, 6.45) is 4.30. The molecule has 6 heteroatoms. The third-order valence-electron chi connectivity index (χ3n) is 3.39. The van der Waals surface area contributed by atoms with Crippen molar-refractivity contribution in [3.63, 3.8) is 0 Å². The average Bonchev–Trinajstić information content (AvgIpc) is 3.10. The monoisotopic (exact) mass is 276 g/mol. The first kappa shape index (κ1) is 12.5. The maximum absolute atomic E-state index is 12.1. The summed E-state index contributed by atoms with van der Waals surface area (Å²) in [5, 5.41) is 13.4. The largest absolute Gasteiger partial charge is 0.317 e. The number of nitrogens with one attached hydrogen (secondary N) is 1. The van der Waals surface area contributed by atoms with E-state index in [0.717, 1.165) is 30.8 Å². The molecule has 0 spiro atoms. The third-order valence-corrected chi connectivity index (χ3v) is 4.27. The maximum atomic E-state index is 12.1. The van der Waals surface area contributed by atoms with E-state index in [0.29, 0.717) is 18.2 Å². The zero-order chi connectivity index (χ0) is 13.1. The van der Waals surface area contributed by atoms with E-state index >= 15 is 0 Å². The van der Waals surface area contributed by atoms with Crippen LogP contribution < -0.4 is 5.32 Å². The Morgan fingerprint density at radius 2 is 2.32 bits per heavy atom. The zero-order valence-corrected chi connectivity index (χ0v) is 11.4. The highest BCUT2D eigenvalue weighted by Crippen LogP contribution is 2.18. The fourth-order valence-corrected chi connectivity index (χ4v) is 3.02. The zero-order valence-electron chi connectivity index (χ0n) is 10.6. The van der Waals surface area contributed by atoms with Gasteiger partial charge >= 0.3 is 0 Å². The predicted molar refractivity (Wildman–Crippen MR) is 73.5 cm³/mol. The molecule has 1 aliphatic rings. The van der Waals surface area contributed by atoms with Crippen LogP contribution in [0.5, 0.6) is 0 Å². The maximum Gasteiger partial charge on any atom is 0.189 e. The second-order valence-corrected chi connectivity index (χ2v) is 5.78. The van der Waals surface area contributed by atoms with Gasteiger partial charge in [0, 0.05) is 11.3 Å². The number of hydrogen-bond donors (Lipinski definition) is 1. The molecule has 100 valence electrons. The Bertz CT molecular complexity index is 543. The number of Topliss-reactive ketones (excluding diaryl/α,β-unsaturated/α-hetero) is 1. The van der Waals surface area contributed by atoms with Crippen LogP contribution in [0.1, 0.15) is 34.2 Å². The molecule has 0 atom stereocenters. The van der Waals surface area contributed by atoms with Crippen molar-refractivity contribution in [2.75, 3.05) is 13.1 Å². The summed E-state index contributed by atoms with van der Waals surface area (Å²) >= 11 is 1.60. The normalized spacial score (nSPS) is 16.6. The van der Waals surface area contributed by atoms with E-state index < -0.39 is 0 Å². The molecule has 1 N–H and O–H groups in total. The molecule has 0 unspecified atom stereocenters. The molecule has 0 aliphatic carbocycles. The summed E-state index contributed by atoms with van der Waals surface area (Å²) in [7, 11) is 0. The highest BCUT2D eigenvalue weighted by molar-refractivity contribution is 7.10. The molecule has 0 amide bonds. The summed E-state index contributed by atoms with van der Waals surface area (Å²) < 4.78 is 1.85. The number of carbonyl (C=O) groups excluding carboxylic acids is 1. The van der Waals surface area contributed by atoms with Gasteiger partial charge < -0.3 is 5.32 Å². The minimum atomic E-state index is 0.0441. The first-order valence-corrected chi connectivity index (χ1v) is 7.39. The first-order valence-electron chi connectivity index (χ1n) is 6.51. The number of aromatic nitrogens is 3. The van der Waals surface area contributed by atoms with Crippen LogP contribution >= 0.6 is 11.3 Å². The van der Waals surface area contributed by atoms with E-state index in [-0.39, 0.29) is 5.78 Å². The van der Waals surface area contributed by atoms with E-state index in [9.17, 15) is 4.79 Å². The van der Waals surface area contributed by atoms with Crippen LogP contribution in [0.4, 0.5) is 0 Å². The van der Waals surface area contributed by atoms with Crippen LogP contribution in [0, 0.1) is 0 Å². The molecule has 2 aromatic heterocycles. The quantitative estimate of drug-likeness (QED) is 0.863. The summed E-state index contributed by atoms with van der Waals surface area (Å²) in [5.74, 6) is 0.0441. The number of hydrogen-bond acceptors (Lipinski definition) is 5. The summed E-state index contributed by atoms with van der Waals surface area (Å²) in [5.41, 5.74) is 0.479. The Balaban J connectivity index is 1.68. The van der Waals surface area contributed by atoms with Crippen molar-refractivity contribution < 1.29 is 4.79 Å². The fraction of sp³-hybridized carbons (Fsp3) is 0.462. The van der Waals surface area contributed by atoms with Crippen LogP contribution in [0.25, 0.3) is 0 Å². The molecule has 3 rings (SSSR count). The number of nitrogens with zero attached hydrogens (tertiary/aromatic N) is 3. The first-order chi connectivity index (χ1) is 9.33. The van der Waals surface area contributed by atoms with Gasteiger partial charge in [0.1, 0.15) is 5.69 Å². The smallest absolute Gasteiger partial charge is 0.189 e. The van der Waals surface area contributed by atoms with Crippen molar-refractivity contribution in [3.8, 4) is 0 Å². The fourth-order valence-electron chi connectivity index (χ4n) is 2.32. The van der Waals surface area contributed by atoms with E-state index in [4.69, 9.17) is 0 Å². The van der Waals surface area contributed by atoms with Gasteiger partial charge in [0.25, 0.3) is 0 Å². The molecule has 1 fully saturated rings. The minimum Gasteiger partial charge on any atom is -0.317 e. The highest BCUT2D eigenvalue weighted by atomic mass is 32.1. The summed E-state index contributed by atoms with van der Waals surface area (Å²) in [6, 6.07) is 4.30. The number of thiophene rings is 1. The van der Waals surface area contributed by atoms with E-state index in [1.54, 1.807) is 17.5 Å². The van der Waals surface area contributed by atoms with Crippen LogP contribution in [-0.2, 0) is 6.42 Å². The van der Waals surface area contributed by atoms with Crippen molar-refractivity contribution in [2.24, 2.45) is 0 Å². The van der Waals surface area contributed by atoms with E-state index in [1.807, 2.05) is 22.2 Å². The van der Waals surface area contributed by atoms with Crippen LogP contribution in [-0.4, -0.2) is 33.9 Å². The summed E-state index contributed by atoms with van der Waals surface area (Å²) in [4.78, 5) is 13.2. The Hall–Kier alpha value is -1.53. The van der Waals surface area contributed by atoms with Gasteiger partial charge in [-0.15, -0.1) is 16.4 Å². The molecule has 1 aliphatic heterocycles. The lowest BCUT2D eigenvalue weighted by molar-refractivity contribution is 0.0989. The standard InChI is InChI=1S/C13H16N4OS/c18-13(8-11-2-1-7-19-11)12-9-17(16-15-12)10-3-5-14-6-4-10/h1-2,7,9-10,14H,3-6,8H2. The van der Waals surface area contributed by atoms with E-state index in [2.05, 4.69) is 15.6 Å². The lowest BCUT2D eigenvalue weighted by atomic mass is 10.1. The molecule has 19 heavy (non-hydrogen) atoms. The van der Waals surface area contributed by atoms with Gasteiger partial charge in [0.2, 0.25) is 0 Å². The predicted octanol–water partition coefficient (Wildman–Crippen LogP) is 1.69. The van der Waals surface area contributed by atoms with Gasteiger partial charge in [-0.25, -0.2) is 4.68 Å². The van der Waals surface area contributed by atoms with Crippen LogP contribution in [0.15, 0.2) is 23.7 Å². The van der Waals surface area contributed by atoms with Gasteiger partial charge in [-0.3, -0.25) is 4.79 Å². The van der Waals surface area contributed by atoms with Gasteiger partial charge in [-0.1, -0.05) is 11.3 Å². The highest BCUT2D eigenvalue weighted by Gasteiger charge is 2.18. The number of rotatable bonds is 4. The van der Waals surface area contributed by atoms with Crippen molar-refractivity contribution >= 4 is 17.1 Å². The van der Waals surface area contributed by atoms with E-state index in [1.165, 1.54) is 0 Å². The van der Waals surface area contributed by atoms with Crippen LogP contribution in [0.3, 0.4) is 0 Å². The van der Waals surface area contributed by atoms with Crippen molar-refractivity contribution in [3.05, 3.63) is 34.3 Å². The number of carbonyl (C=O) groups is 1. The minimum absolute atomic E-state index is 0.0441. The second-order valence-electron chi connectivity index (χ2n) is 4.74. The van der Waals surface area contributed by atoms with Crippen molar-refractivity contribution in [1.82, 2.24) is 20.3 Å². The average molecular weight is 276 g/mol. The van der Waals surface area contributed by atoms with Gasteiger partial charge in [0.05, 0.1) is 12.2 Å². The second kappa shape index (κ2) is 5.63. The summed E-state index contributed by atoms with van der Waals surface area (Å²) in [6.45, 7) is 2.01. The Labute approximate surface area is 115 Å². The molecule has 0 aromatic carbocycles. The molecule has 0 bridgehead atoms. The van der Waals surface area contributed by atoms with Crippen molar-refractivity contribution in [2.45, 2.75) is 25.3 Å². The van der Waals surface area contributed by atoms with Crippen LogP contribution in [0.2, 0.25) is 0 Å². The lowest BCUT2D eigenvalue weighted by Crippen LogP contribution is -2.29. The van der Waals surface area contributed by atoms with Gasteiger partial charge in [-0.2, -0.15) is 0 Å². The van der Waals surface area contributed by atoms with Crippen molar-refractivity contribution in [1.29, 1.82) is 0 Å². The lowest BCUT2D eigenvalue weighted by Gasteiger charge is -2.22. The third kappa shape index (κ3) is 2.90. The molecular weight excluding hydrogens is 260 g/mol. The molecule has 5 nitrogen and oxygen atoms in total. The Morgan fingerprint density at radius 1 is 1.47 bits per heavy atom. The number of ketones is 1. The SMILES string of the molecule is O=C(Cc1cccs1)c1cn(C2CCNCC2)nn1. The Kier molecular flexibility index (Phi) is 3.70. The molecular formula is C13H16N4OS. The Morgan fingerprint density at radius 3 is 3.05 bits per heavy atom. The molecule has 0 saturated carbocycles. The molecule has 3 heterocycles. The van der Waals surface area contributed by atoms with Gasteiger partial charge in [0.15, 0.2) is 5.78 Å².